The lowest BCUT2D eigenvalue weighted by atomic mass is 10.1. The maximum atomic E-state index is 5.52. The molecule has 0 spiro atoms. The van der Waals surface area contributed by atoms with Gasteiger partial charge in [-0.3, -0.25) is 0 Å². The second-order valence-corrected chi connectivity index (χ2v) is 6.03. The van der Waals surface area contributed by atoms with Gasteiger partial charge in [0.05, 0.1) is 5.75 Å². The molecule has 1 aromatic heterocycles. The van der Waals surface area contributed by atoms with E-state index in [0.717, 1.165) is 29.1 Å². The van der Waals surface area contributed by atoms with Gasteiger partial charge in [-0.05, 0) is 25.8 Å². The van der Waals surface area contributed by atoms with Crippen molar-refractivity contribution >= 4 is 11.8 Å². The minimum atomic E-state index is 0.276. The molecule has 1 atom stereocenters. The molecule has 0 saturated heterocycles. The van der Waals surface area contributed by atoms with Crippen LogP contribution in [0.1, 0.15) is 56.7 Å². The second kappa shape index (κ2) is 6.40. The molecule has 1 aromatic rings. The maximum absolute atomic E-state index is 5.52. The van der Waals surface area contributed by atoms with Crippen LogP contribution in [0.3, 0.4) is 0 Å². The number of rotatable bonds is 6. The third-order valence-corrected chi connectivity index (χ3v) is 4.62. The normalized spacial score (nSPS) is 18.7. The summed E-state index contributed by atoms with van der Waals surface area (Å²) in [6, 6.07) is 0. The average molecular weight is 255 g/mol. The monoisotopic (exact) mass is 255 g/mol. The first-order valence-electron chi connectivity index (χ1n) is 6.43. The molecule has 2 rings (SSSR count). The lowest BCUT2D eigenvalue weighted by Gasteiger charge is -2.05. The summed E-state index contributed by atoms with van der Waals surface area (Å²) >= 11 is 1.97. The Hall–Kier alpha value is -0.550. The predicted octanol–water partition coefficient (Wildman–Crippen LogP) is 2.70. The molecule has 1 aliphatic carbocycles. The van der Waals surface area contributed by atoms with Gasteiger partial charge in [-0.25, -0.2) is 0 Å². The maximum Gasteiger partial charge on any atom is 0.229 e. The quantitative estimate of drug-likeness (QED) is 0.846. The van der Waals surface area contributed by atoms with Crippen LogP contribution < -0.4 is 5.73 Å². The van der Waals surface area contributed by atoms with Gasteiger partial charge in [-0.15, -0.1) is 0 Å². The fourth-order valence-corrected chi connectivity index (χ4v) is 3.32. The van der Waals surface area contributed by atoms with Gasteiger partial charge in [-0.1, -0.05) is 24.9 Å². The van der Waals surface area contributed by atoms with E-state index in [9.17, 15) is 0 Å². The third-order valence-electron chi connectivity index (χ3n) is 3.26. The smallest absolute Gasteiger partial charge is 0.229 e. The van der Waals surface area contributed by atoms with Crippen molar-refractivity contribution in [2.45, 2.75) is 55.9 Å². The number of thioether (sulfide) groups is 1. The minimum Gasteiger partial charge on any atom is -0.339 e. The van der Waals surface area contributed by atoms with Gasteiger partial charge in [0.2, 0.25) is 5.89 Å². The summed E-state index contributed by atoms with van der Waals surface area (Å²) in [5.41, 5.74) is 5.52. The minimum absolute atomic E-state index is 0.276. The van der Waals surface area contributed by atoms with E-state index in [4.69, 9.17) is 10.3 Å². The van der Waals surface area contributed by atoms with Crippen molar-refractivity contribution in [3.05, 3.63) is 11.7 Å². The van der Waals surface area contributed by atoms with E-state index >= 15 is 0 Å². The van der Waals surface area contributed by atoms with Crippen LogP contribution in [0.2, 0.25) is 0 Å². The molecule has 1 heterocycles. The van der Waals surface area contributed by atoms with Crippen molar-refractivity contribution < 1.29 is 4.52 Å². The highest BCUT2D eigenvalue weighted by Crippen LogP contribution is 2.31. The highest BCUT2D eigenvalue weighted by molar-refractivity contribution is 7.99. The molecule has 5 heteroatoms. The Morgan fingerprint density at radius 2 is 2.24 bits per heavy atom. The molecule has 96 valence electrons. The summed E-state index contributed by atoms with van der Waals surface area (Å²) in [5, 5.41) is 4.84. The average Bonchev–Trinajstić information content (AvgIpc) is 2.98. The molecule has 0 bridgehead atoms. The fraction of sp³-hybridized carbons (Fsp3) is 0.833. The van der Waals surface area contributed by atoms with Crippen molar-refractivity contribution in [1.29, 1.82) is 0 Å². The fourth-order valence-electron chi connectivity index (χ4n) is 2.15. The van der Waals surface area contributed by atoms with E-state index in [2.05, 4.69) is 17.1 Å². The highest BCUT2D eigenvalue weighted by Gasteiger charge is 2.18. The zero-order valence-corrected chi connectivity index (χ0v) is 11.2. The number of aromatic nitrogens is 2. The first kappa shape index (κ1) is 12.9. The van der Waals surface area contributed by atoms with Crippen LogP contribution in [-0.4, -0.2) is 21.9 Å². The number of nitrogens with two attached hydrogens (primary N) is 1. The van der Waals surface area contributed by atoms with E-state index in [-0.39, 0.29) is 5.92 Å². The van der Waals surface area contributed by atoms with Gasteiger partial charge < -0.3 is 10.3 Å². The molecule has 0 amide bonds. The zero-order valence-electron chi connectivity index (χ0n) is 10.4. The molecule has 4 nitrogen and oxygen atoms in total. The molecule has 0 radical (unpaired) electrons. The summed E-state index contributed by atoms with van der Waals surface area (Å²) in [7, 11) is 0. The number of hydrogen-bond acceptors (Lipinski definition) is 5. The number of nitrogens with zero attached hydrogens (tertiary/aromatic N) is 2. The van der Waals surface area contributed by atoms with Gasteiger partial charge in [0.1, 0.15) is 0 Å². The summed E-state index contributed by atoms with van der Waals surface area (Å²) < 4.78 is 5.26. The van der Waals surface area contributed by atoms with Crippen LogP contribution in [0, 0.1) is 0 Å². The van der Waals surface area contributed by atoms with Crippen molar-refractivity contribution in [2.75, 3.05) is 6.54 Å². The van der Waals surface area contributed by atoms with Crippen molar-refractivity contribution in [1.82, 2.24) is 10.1 Å². The van der Waals surface area contributed by atoms with Crippen LogP contribution in [0.25, 0.3) is 0 Å². The molecule has 0 aliphatic heterocycles. The summed E-state index contributed by atoms with van der Waals surface area (Å²) in [6.45, 7) is 2.74. The molecular formula is C12H21N3OS. The van der Waals surface area contributed by atoms with E-state index in [1.807, 2.05) is 11.8 Å². The van der Waals surface area contributed by atoms with E-state index in [0.29, 0.717) is 6.54 Å². The Morgan fingerprint density at radius 3 is 2.94 bits per heavy atom. The summed E-state index contributed by atoms with van der Waals surface area (Å²) in [6.07, 6.45) is 6.35. The van der Waals surface area contributed by atoms with Crippen LogP contribution in [-0.2, 0) is 5.75 Å². The van der Waals surface area contributed by atoms with Crippen molar-refractivity contribution in [3.8, 4) is 0 Å². The lowest BCUT2D eigenvalue weighted by molar-refractivity contribution is 0.352. The molecule has 1 aliphatic rings. The third kappa shape index (κ3) is 3.71. The van der Waals surface area contributed by atoms with Gasteiger partial charge in [0.25, 0.3) is 0 Å². The molecular weight excluding hydrogens is 234 g/mol. The van der Waals surface area contributed by atoms with E-state index in [1.165, 1.54) is 25.7 Å². The Balaban J connectivity index is 1.80. The van der Waals surface area contributed by atoms with Gasteiger partial charge in [0, 0.05) is 11.2 Å². The van der Waals surface area contributed by atoms with Crippen molar-refractivity contribution in [2.24, 2.45) is 5.73 Å². The Bertz CT molecular complexity index is 336. The van der Waals surface area contributed by atoms with Crippen LogP contribution in [0.5, 0.6) is 0 Å². The Morgan fingerprint density at radius 1 is 1.47 bits per heavy atom. The van der Waals surface area contributed by atoms with Gasteiger partial charge in [-0.2, -0.15) is 16.7 Å². The van der Waals surface area contributed by atoms with Crippen LogP contribution in [0.15, 0.2) is 4.52 Å². The van der Waals surface area contributed by atoms with E-state index < -0.39 is 0 Å². The van der Waals surface area contributed by atoms with E-state index in [1.54, 1.807) is 0 Å². The van der Waals surface area contributed by atoms with Crippen molar-refractivity contribution in [3.63, 3.8) is 0 Å². The molecule has 0 aromatic carbocycles. The largest absolute Gasteiger partial charge is 0.339 e. The highest BCUT2D eigenvalue weighted by atomic mass is 32.2. The first-order valence-corrected chi connectivity index (χ1v) is 7.48. The SMILES string of the molecule is CC(CCN)c1nc(CSC2CCCC2)no1. The Kier molecular flexibility index (Phi) is 4.86. The second-order valence-electron chi connectivity index (χ2n) is 4.74. The molecule has 1 unspecified atom stereocenters. The zero-order chi connectivity index (χ0) is 12.1. The van der Waals surface area contributed by atoms with Crippen LogP contribution >= 0.6 is 11.8 Å². The molecule has 1 fully saturated rings. The first-order chi connectivity index (χ1) is 8.29. The Labute approximate surface area is 107 Å². The topological polar surface area (TPSA) is 64.9 Å². The predicted molar refractivity (Wildman–Crippen MR) is 69.9 cm³/mol. The van der Waals surface area contributed by atoms with Crippen LogP contribution in [0.4, 0.5) is 0 Å². The van der Waals surface area contributed by atoms with Gasteiger partial charge in [0.15, 0.2) is 5.82 Å². The molecule has 1 saturated carbocycles. The summed E-state index contributed by atoms with van der Waals surface area (Å²) in [5.74, 6) is 2.72. The standard InChI is InChI=1S/C12H21N3OS/c1-9(6-7-13)12-14-11(15-16-12)8-17-10-4-2-3-5-10/h9-10H,2-8,13H2,1H3. The number of hydrogen-bond donors (Lipinski definition) is 1. The summed E-state index contributed by atoms with van der Waals surface area (Å²) in [4.78, 5) is 4.44. The lowest BCUT2D eigenvalue weighted by Crippen LogP contribution is -2.04. The molecule has 2 N–H and O–H groups in total. The molecule has 17 heavy (non-hydrogen) atoms. The van der Waals surface area contributed by atoms with Gasteiger partial charge >= 0.3 is 0 Å².